The highest BCUT2D eigenvalue weighted by molar-refractivity contribution is 8.00. The zero-order valence-corrected chi connectivity index (χ0v) is 12.7. The molecular formula is C15H18N2O2S. The van der Waals surface area contributed by atoms with Crippen molar-refractivity contribution in [2.45, 2.75) is 31.3 Å². The third kappa shape index (κ3) is 3.63. The third-order valence-electron chi connectivity index (χ3n) is 2.53. The van der Waals surface area contributed by atoms with Crippen molar-refractivity contribution in [3.8, 4) is 0 Å². The van der Waals surface area contributed by atoms with E-state index in [2.05, 4.69) is 4.98 Å². The van der Waals surface area contributed by atoms with E-state index in [0.29, 0.717) is 5.69 Å². The number of carbonyl (C=O) groups is 1. The van der Waals surface area contributed by atoms with E-state index in [0.717, 1.165) is 15.8 Å². The highest BCUT2D eigenvalue weighted by Gasteiger charge is 2.16. The lowest BCUT2D eigenvalue weighted by Gasteiger charge is -2.19. The molecule has 0 aliphatic heterocycles. The molecule has 2 rings (SSSR count). The van der Waals surface area contributed by atoms with Gasteiger partial charge in [-0.25, -0.2) is 0 Å². The SMILES string of the molecule is CC(C)(C)OC(=O)CSc1ccc(N)c2ncccc12. The number of thioether (sulfide) groups is 1. The second-order valence-electron chi connectivity index (χ2n) is 5.43. The summed E-state index contributed by atoms with van der Waals surface area (Å²) in [5, 5.41) is 0.959. The summed E-state index contributed by atoms with van der Waals surface area (Å²) in [4.78, 5) is 17.0. The lowest BCUT2D eigenvalue weighted by molar-refractivity contribution is -0.151. The number of aromatic nitrogens is 1. The lowest BCUT2D eigenvalue weighted by atomic mass is 10.2. The Morgan fingerprint density at radius 3 is 2.80 bits per heavy atom. The van der Waals surface area contributed by atoms with E-state index in [4.69, 9.17) is 10.5 Å². The molecule has 0 aliphatic rings. The first-order valence-corrected chi connectivity index (χ1v) is 7.33. The van der Waals surface area contributed by atoms with Gasteiger partial charge >= 0.3 is 5.97 Å². The van der Waals surface area contributed by atoms with E-state index in [1.807, 2.05) is 45.0 Å². The molecule has 106 valence electrons. The largest absolute Gasteiger partial charge is 0.459 e. The summed E-state index contributed by atoms with van der Waals surface area (Å²) in [7, 11) is 0. The number of anilines is 1. The molecule has 0 bridgehead atoms. The minimum atomic E-state index is -0.456. The summed E-state index contributed by atoms with van der Waals surface area (Å²) in [5.74, 6) is 0.0434. The van der Waals surface area contributed by atoms with E-state index < -0.39 is 5.60 Å². The Balaban J connectivity index is 2.15. The van der Waals surface area contributed by atoms with Crippen LogP contribution in [0.25, 0.3) is 10.9 Å². The van der Waals surface area contributed by atoms with Crippen LogP contribution in [-0.2, 0) is 9.53 Å². The first-order valence-electron chi connectivity index (χ1n) is 6.35. The molecule has 0 saturated carbocycles. The van der Waals surface area contributed by atoms with Crippen molar-refractivity contribution in [1.29, 1.82) is 0 Å². The van der Waals surface area contributed by atoms with Gasteiger partial charge in [0.15, 0.2) is 0 Å². The molecule has 1 aromatic carbocycles. The van der Waals surface area contributed by atoms with E-state index in [9.17, 15) is 4.79 Å². The average molecular weight is 290 g/mol. The molecule has 2 N–H and O–H groups in total. The van der Waals surface area contributed by atoms with Crippen LogP contribution in [0.1, 0.15) is 20.8 Å². The molecule has 20 heavy (non-hydrogen) atoms. The molecule has 5 heteroatoms. The maximum Gasteiger partial charge on any atom is 0.316 e. The molecule has 0 radical (unpaired) electrons. The minimum Gasteiger partial charge on any atom is -0.459 e. The highest BCUT2D eigenvalue weighted by Crippen LogP contribution is 2.30. The number of rotatable bonds is 3. The van der Waals surface area contributed by atoms with Gasteiger partial charge in [0.2, 0.25) is 0 Å². The van der Waals surface area contributed by atoms with E-state index >= 15 is 0 Å². The van der Waals surface area contributed by atoms with Crippen LogP contribution in [0.2, 0.25) is 0 Å². The van der Waals surface area contributed by atoms with Crippen molar-refractivity contribution in [2.75, 3.05) is 11.5 Å². The average Bonchev–Trinajstić information content (AvgIpc) is 2.36. The highest BCUT2D eigenvalue weighted by atomic mass is 32.2. The molecule has 0 saturated heterocycles. The van der Waals surface area contributed by atoms with Gasteiger partial charge in [0.05, 0.1) is 17.0 Å². The van der Waals surface area contributed by atoms with Gasteiger partial charge in [-0.1, -0.05) is 6.07 Å². The minimum absolute atomic E-state index is 0.226. The van der Waals surface area contributed by atoms with E-state index in [-0.39, 0.29) is 11.7 Å². The molecule has 1 aromatic heterocycles. The predicted octanol–water partition coefficient (Wildman–Crippen LogP) is 3.25. The number of carbonyl (C=O) groups excluding carboxylic acids is 1. The summed E-state index contributed by atoms with van der Waals surface area (Å²) in [6, 6.07) is 7.54. The first kappa shape index (κ1) is 14.7. The first-order chi connectivity index (χ1) is 9.37. The fourth-order valence-corrected chi connectivity index (χ4v) is 2.62. The van der Waals surface area contributed by atoms with Crippen LogP contribution in [0.5, 0.6) is 0 Å². The van der Waals surface area contributed by atoms with Crippen molar-refractivity contribution in [1.82, 2.24) is 4.98 Å². The quantitative estimate of drug-likeness (QED) is 0.534. The number of esters is 1. The Kier molecular flexibility index (Phi) is 4.18. The molecule has 4 nitrogen and oxygen atoms in total. The third-order valence-corrected chi connectivity index (χ3v) is 3.57. The van der Waals surface area contributed by atoms with Crippen molar-refractivity contribution in [3.05, 3.63) is 30.5 Å². The number of nitrogen functional groups attached to an aromatic ring is 1. The van der Waals surface area contributed by atoms with Crippen LogP contribution in [0.3, 0.4) is 0 Å². The summed E-state index contributed by atoms with van der Waals surface area (Å²) in [5.41, 5.74) is 6.85. The number of nitrogens with zero attached hydrogens (tertiary/aromatic N) is 1. The van der Waals surface area contributed by atoms with Gasteiger partial charge in [-0.2, -0.15) is 0 Å². The fraction of sp³-hybridized carbons (Fsp3) is 0.333. The maximum atomic E-state index is 11.8. The van der Waals surface area contributed by atoms with Crippen LogP contribution >= 0.6 is 11.8 Å². The van der Waals surface area contributed by atoms with Crippen LogP contribution < -0.4 is 5.73 Å². The number of hydrogen-bond acceptors (Lipinski definition) is 5. The van der Waals surface area contributed by atoms with Crippen LogP contribution in [-0.4, -0.2) is 22.3 Å². The van der Waals surface area contributed by atoms with Crippen LogP contribution in [0, 0.1) is 0 Å². The van der Waals surface area contributed by atoms with Gasteiger partial charge in [0, 0.05) is 16.5 Å². The lowest BCUT2D eigenvalue weighted by Crippen LogP contribution is -2.24. The Morgan fingerprint density at radius 2 is 2.10 bits per heavy atom. The number of hydrogen-bond donors (Lipinski definition) is 1. The molecule has 0 spiro atoms. The van der Waals surface area contributed by atoms with Gasteiger partial charge in [0.25, 0.3) is 0 Å². The Morgan fingerprint density at radius 1 is 1.35 bits per heavy atom. The standard InChI is InChI=1S/C15H18N2O2S/c1-15(2,3)19-13(18)9-20-12-7-6-11(16)14-10(12)5-4-8-17-14/h4-8H,9,16H2,1-3H3. The van der Waals surface area contributed by atoms with Gasteiger partial charge in [0.1, 0.15) is 5.60 Å². The molecule has 2 aromatic rings. The summed E-state index contributed by atoms with van der Waals surface area (Å²) >= 11 is 1.44. The molecule has 0 unspecified atom stereocenters. The van der Waals surface area contributed by atoms with Crippen molar-refractivity contribution >= 4 is 34.3 Å². The van der Waals surface area contributed by atoms with Crippen molar-refractivity contribution in [3.63, 3.8) is 0 Å². The zero-order valence-electron chi connectivity index (χ0n) is 11.8. The smallest absolute Gasteiger partial charge is 0.316 e. The second kappa shape index (κ2) is 5.71. The maximum absolute atomic E-state index is 11.8. The zero-order chi connectivity index (χ0) is 14.8. The number of nitrogens with two attached hydrogens (primary N) is 1. The monoisotopic (exact) mass is 290 g/mol. The number of pyridine rings is 1. The number of ether oxygens (including phenoxy) is 1. The summed E-state index contributed by atoms with van der Waals surface area (Å²) in [6.07, 6.45) is 1.71. The van der Waals surface area contributed by atoms with Crippen molar-refractivity contribution in [2.24, 2.45) is 0 Å². The van der Waals surface area contributed by atoms with Gasteiger partial charge in [-0.3, -0.25) is 9.78 Å². The summed E-state index contributed by atoms with van der Waals surface area (Å²) in [6.45, 7) is 5.58. The van der Waals surface area contributed by atoms with Gasteiger partial charge in [-0.15, -0.1) is 11.8 Å². The molecule has 0 fully saturated rings. The van der Waals surface area contributed by atoms with E-state index in [1.165, 1.54) is 11.8 Å². The topological polar surface area (TPSA) is 65.2 Å². The Bertz CT molecular complexity index is 635. The Labute approximate surface area is 122 Å². The van der Waals surface area contributed by atoms with Gasteiger partial charge in [-0.05, 0) is 39.0 Å². The molecular weight excluding hydrogens is 272 g/mol. The van der Waals surface area contributed by atoms with Crippen LogP contribution in [0.4, 0.5) is 5.69 Å². The van der Waals surface area contributed by atoms with Crippen LogP contribution in [0.15, 0.2) is 35.4 Å². The normalized spacial score (nSPS) is 11.6. The second-order valence-corrected chi connectivity index (χ2v) is 6.44. The van der Waals surface area contributed by atoms with Gasteiger partial charge < -0.3 is 10.5 Å². The number of benzene rings is 1. The Hall–Kier alpha value is -1.75. The number of fused-ring (bicyclic) bond motifs is 1. The van der Waals surface area contributed by atoms with Crippen molar-refractivity contribution < 1.29 is 9.53 Å². The predicted molar refractivity (Wildman–Crippen MR) is 82.7 cm³/mol. The molecule has 1 heterocycles. The molecule has 0 atom stereocenters. The molecule has 0 aliphatic carbocycles. The fourth-order valence-electron chi connectivity index (χ4n) is 1.80. The summed E-state index contributed by atoms with van der Waals surface area (Å²) < 4.78 is 5.30. The van der Waals surface area contributed by atoms with E-state index in [1.54, 1.807) is 6.20 Å². The molecule has 0 amide bonds.